The summed E-state index contributed by atoms with van der Waals surface area (Å²) in [6.07, 6.45) is 5.73. The van der Waals surface area contributed by atoms with E-state index in [0.717, 1.165) is 37.0 Å². The fraction of sp³-hybridized carbons (Fsp3) is 0.263. The molecule has 4 nitrogen and oxygen atoms in total. The molecule has 1 aliphatic heterocycles. The van der Waals surface area contributed by atoms with E-state index in [2.05, 4.69) is 16.2 Å². The Hall–Kier alpha value is -2.04. The summed E-state index contributed by atoms with van der Waals surface area (Å²) in [5, 5.41) is 0.871. The van der Waals surface area contributed by atoms with Crippen LogP contribution in [0.25, 0.3) is 11.0 Å². The number of hydrogen-bond donors (Lipinski definition) is 1. The van der Waals surface area contributed by atoms with E-state index in [4.69, 9.17) is 23.2 Å². The Morgan fingerprint density at radius 3 is 2.72 bits per heavy atom. The molecule has 1 aliphatic rings. The Balaban J connectivity index is 1.47. The molecule has 1 N–H and O–H groups in total. The number of benzene rings is 1. The number of hydrogen-bond acceptors (Lipinski definition) is 2. The van der Waals surface area contributed by atoms with E-state index in [1.165, 1.54) is 5.56 Å². The number of piperidine rings is 1. The van der Waals surface area contributed by atoms with Gasteiger partial charge < -0.3 is 9.88 Å². The SMILES string of the molecule is O=C(c1ccc(Cl)c(Cl)c1)N1CCC(c2c[nH]c3cccnc23)CC1. The van der Waals surface area contributed by atoms with Crippen LogP contribution in [0.15, 0.2) is 42.7 Å². The number of fused-ring (bicyclic) bond motifs is 1. The molecular weight excluding hydrogens is 357 g/mol. The van der Waals surface area contributed by atoms with E-state index in [1.54, 1.807) is 18.2 Å². The topological polar surface area (TPSA) is 49.0 Å². The molecule has 0 aliphatic carbocycles. The smallest absolute Gasteiger partial charge is 0.253 e. The predicted molar refractivity (Wildman–Crippen MR) is 100 cm³/mol. The number of amides is 1. The third kappa shape index (κ3) is 3.12. The first-order chi connectivity index (χ1) is 12.1. The highest BCUT2D eigenvalue weighted by Gasteiger charge is 2.26. The lowest BCUT2D eigenvalue weighted by molar-refractivity contribution is 0.0713. The molecule has 128 valence electrons. The molecule has 1 aromatic carbocycles. The summed E-state index contributed by atoms with van der Waals surface area (Å²) in [4.78, 5) is 22.3. The molecule has 4 rings (SSSR count). The number of rotatable bonds is 2. The van der Waals surface area contributed by atoms with Crippen LogP contribution in [-0.2, 0) is 0 Å². The first-order valence-electron chi connectivity index (χ1n) is 8.30. The summed E-state index contributed by atoms with van der Waals surface area (Å²) < 4.78 is 0. The van der Waals surface area contributed by atoms with Crippen molar-refractivity contribution in [2.45, 2.75) is 18.8 Å². The molecule has 2 aromatic heterocycles. The van der Waals surface area contributed by atoms with E-state index in [0.29, 0.717) is 21.5 Å². The number of nitrogens with one attached hydrogen (secondary N) is 1. The second kappa shape index (κ2) is 6.70. The number of nitrogens with zero attached hydrogens (tertiary/aromatic N) is 2. The molecule has 0 saturated carbocycles. The Labute approximate surface area is 155 Å². The van der Waals surface area contributed by atoms with Crippen LogP contribution >= 0.6 is 23.2 Å². The van der Waals surface area contributed by atoms with Gasteiger partial charge in [-0.3, -0.25) is 9.78 Å². The fourth-order valence-corrected chi connectivity index (χ4v) is 3.79. The number of halogens is 2. The van der Waals surface area contributed by atoms with Crippen molar-refractivity contribution in [2.24, 2.45) is 0 Å². The van der Waals surface area contributed by atoms with Crippen LogP contribution in [0, 0.1) is 0 Å². The second-order valence-electron chi connectivity index (χ2n) is 6.34. The molecule has 6 heteroatoms. The van der Waals surface area contributed by atoms with E-state index in [-0.39, 0.29) is 5.91 Å². The molecule has 0 bridgehead atoms. The molecule has 3 heterocycles. The van der Waals surface area contributed by atoms with Crippen LogP contribution in [0.5, 0.6) is 0 Å². The van der Waals surface area contributed by atoms with Crippen LogP contribution in [0.1, 0.15) is 34.7 Å². The van der Waals surface area contributed by atoms with Gasteiger partial charge in [-0.05, 0) is 54.7 Å². The quantitative estimate of drug-likeness (QED) is 0.694. The zero-order chi connectivity index (χ0) is 17.4. The largest absolute Gasteiger partial charge is 0.360 e. The van der Waals surface area contributed by atoms with Crippen LogP contribution in [0.2, 0.25) is 10.0 Å². The van der Waals surface area contributed by atoms with Crippen molar-refractivity contribution in [3.8, 4) is 0 Å². The first kappa shape index (κ1) is 16.4. The molecule has 25 heavy (non-hydrogen) atoms. The highest BCUT2D eigenvalue weighted by atomic mass is 35.5. The Morgan fingerprint density at radius 1 is 1.16 bits per heavy atom. The van der Waals surface area contributed by atoms with Gasteiger partial charge in [0.25, 0.3) is 5.91 Å². The van der Waals surface area contributed by atoms with E-state index in [9.17, 15) is 4.79 Å². The minimum Gasteiger partial charge on any atom is -0.360 e. The molecule has 0 spiro atoms. The summed E-state index contributed by atoms with van der Waals surface area (Å²) in [6, 6.07) is 9.01. The number of carbonyl (C=O) groups is 1. The van der Waals surface area contributed by atoms with Gasteiger partial charge in [-0.25, -0.2) is 0 Å². The number of aromatic amines is 1. The van der Waals surface area contributed by atoms with Crippen molar-refractivity contribution in [1.82, 2.24) is 14.9 Å². The monoisotopic (exact) mass is 373 g/mol. The van der Waals surface area contributed by atoms with Gasteiger partial charge in [0.2, 0.25) is 0 Å². The molecule has 3 aromatic rings. The number of aromatic nitrogens is 2. The van der Waals surface area contributed by atoms with E-state index < -0.39 is 0 Å². The maximum Gasteiger partial charge on any atom is 0.253 e. The van der Waals surface area contributed by atoms with Crippen LogP contribution in [0.4, 0.5) is 0 Å². The Bertz CT molecular complexity index is 929. The average molecular weight is 374 g/mol. The molecule has 1 amide bonds. The van der Waals surface area contributed by atoms with E-state index in [1.807, 2.05) is 23.2 Å². The van der Waals surface area contributed by atoms with Crippen LogP contribution in [-0.4, -0.2) is 33.9 Å². The average Bonchev–Trinajstić information content (AvgIpc) is 3.08. The predicted octanol–water partition coefficient (Wildman–Crippen LogP) is 4.89. The molecule has 1 saturated heterocycles. The summed E-state index contributed by atoms with van der Waals surface area (Å²) in [5.74, 6) is 0.426. The number of H-pyrrole nitrogens is 1. The van der Waals surface area contributed by atoms with Crippen molar-refractivity contribution in [1.29, 1.82) is 0 Å². The highest BCUT2D eigenvalue weighted by molar-refractivity contribution is 6.42. The lowest BCUT2D eigenvalue weighted by Gasteiger charge is -2.32. The highest BCUT2D eigenvalue weighted by Crippen LogP contribution is 2.33. The van der Waals surface area contributed by atoms with Gasteiger partial charge in [0, 0.05) is 31.0 Å². The summed E-state index contributed by atoms with van der Waals surface area (Å²) >= 11 is 12.0. The third-order valence-electron chi connectivity index (χ3n) is 4.85. The van der Waals surface area contributed by atoms with E-state index >= 15 is 0 Å². The Kier molecular flexibility index (Phi) is 4.40. The lowest BCUT2D eigenvalue weighted by atomic mass is 9.90. The van der Waals surface area contributed by atoms with Gasteiger partial charge in [-0.1, -0.05) is 23.2 Å². The summed E-state index contributed by atoms with van der Waals surface area (Å²) in [6.45, 7) is 1.45. The standard InChI is InChI=1S/C19H17Cl2N3O/c20-15-4-3-13(10-16(15)21)19(25)24-8-5-12(6-9-24)14-11-23-17-2-1-7-22-18(14)17/h1-4,7,10-12,23H,5-6,8-9H2. The van der Waals surface area contributed by atoms with Crippen molar-refractivity contribution in [3.63, 3.8) is 0 Å². The second-order valence-corrected chi connectivity index (χ2v) is 7.15. The first-order valence-corrected chi connectivity index (χ1v) is 9.05. The zero-order valence-electron chi connectivity index (χ0n) is 13.5. The minimum atomic E-state index is 0.00840. The third-order valence-corrected chi connectivity index (χ3v) is 5.59. The number of carbonyl (C=O) groups excluding carboxylic acids is 1. The van der Waals surface area contributed by atoms with Gasteiger partial charge >= 0.3 is 0 Å². The zero-order valence-corrected chi connectivity index (χ0v) is 15.0. The van der Waals surface area contributed by atoms with Crippen molar-refractivity contribution in [2.75, 3.05) is 13.1 Å². The lowest BCUT2D eigenvalue weighted by Crippen LogP contribution is -2.37. The minimum absolute atomic E-state index is 0.00840. The number of pyridine rings is 1. The maximum absolute atomic E-state index is 12.7. The molecule has 1 fully saturated rings. The summed E-state index contributed by atoms with van der Waals surface area (Å²) in [5.41, 5.74) is 3.93. The Morgan fingerprint density at radius 2 is 1.96 bits per heavy atom. The molecule has 0 radical (unpaired) electrons. The molecular formula is C19H17Cl2N3O. The number of likely N-dealkylation sites (tertiary alicyclic amines) is 1. The van der Waals surface area contributed by atoms with Crippen LogP contribution in [0.3, 0.4) is 0 Å². The molecule has 0 unspecified atom stereocenters. The van der Waals surface area contributed by atoms with Gasteiger partial charge in [-0.15, -0.1) is 0 Å². The summed E-state index contributed by atoms with van der Waals surface area (Å²) in [7, 11) is 0. The van der Waals surface area contributed by atoms with Gasteiger partial charge in [-0.2, -0.15) is 0 Å². The molecule has 0 atom stereocenters. The fourth-order valence-electron chi connectivity index (χ4n) is 3.49. The van der Waals surface area contributed by atoms with Crippen molar-refractivity contribution in [3.05, 3.63) is 63.9 Å². The van der Waals surface area contributed by atoms with Gasteiger partial charge in [0.05, 0.1) is 21.1 Å². The normalized spacial score (nSPS) is 15.7. The maximum atomic E-state index is 12.7. The van der Waals surface area contributed by atoms with Gasteiger partial charge in [0.15, 0.2) is 0 Å². The van der Waals surface area contributed by atoms with Crippen molar-refractivity contribution >= 4 is 40.1 Å². The van der Waals surface area contributed by atoms with Gasteiger partial charge in [0.1, 0.15) is 0 Å². The van der Waals surface area contributed by atoms with Crippen molar-refractivity contribution < 1.29 is 4.79 Å². The van der Waals surface area contributed by atoms with Crippen LogP contribution < -0.4 is 0 Å².